The molecule has 174 valence electrons. The summed E-state index contributed by atoms with van der Waals surface area (Å²) in [4.78, 5) is 9.36. The summed E-state index contributed by atoms with van der Waals surface area (Å²) in [5.74, 6) is 3.06. The van der Waals surface area contributed by atoms with E-state index >= 15 is 0 Å². The molecule has 1 aromatic rings. The molecule has 2 heterocycles. The van der Waals surface area contributed by atoms with Gasteiger partial charge in [-0.25, -0.2) is 0 Å². The Morgan fingerprint density at radius 1 is 1.13 bits per heavy atom. The lowest BCUT2D eigenvalue weighted by molar-refractivity contribution is 0.00751. The summed E-state index contributed by atoms with van der Waals surface area (Å²) < 4.78 is 16.4. The largest absolute Gasteiger partial charge is 0.497 e. The first kappa shape index (κ1) is 23.5. The van der Waals surface area contributed by atoms with Crippen LogP contribution in [0, 0.1) is 5.92 Å². The molecule has 0 spiro atoms. The van der Waals surface area contributed by atoms with Crippen LogP contribution < -0.4 is 25.0 Å². The predicted octanol–water partition coefficient (Wildman–Crippen LogP) is 1.80. The molecule has 2 N–H and O–H groups in total. The fraction of sp³-hybridized carbons (Fsp3) is 0.696. The van der Waals surface area contributed by atoms with Gasteiger partial charge in [0, 0.05) is 75.7 Å². The number of nitrogens with one attached hydrogen (secondary N) is 2. The Hall–Kier alpha value is -2.19. The van der Waals surface area contributed by atoms with E-state index in [1.807, 2.05) is 13.1 Å². The second-order valence-corrected chi connectivity index (χ2v) is 8.56. The lowest BCUT2D eigenvalue weighted by Gasteiger charge is -2.37. The topological polar surface area (TPSA) is 70.6 Å². The first-order chi connectivity index (χ1) is 15.0. The van der Waals surface area contributed by atoms with E-state index in [0.29, 0.717) is 18.0 Å². The van der Waals surface area contributed by atoms with Crippen molar-refractivity contribution in [3.63, 3.8) is 0 Å². The van der Waals surface area contributed by atoms with Gasteiger partial charge in [-0.1, -0.05) is 13.8 Å². The van der Waals surface area contributed by atoms with Crippen LogP contribution >= 0.6 is 0 Å². The third-order valence-electron chi connectivity index (χ3n) is 6.22. The van der Waals surface area contributed by atoms with Gasteiger partial charge < -0.3 is 29.7 Å². The van der Waals surface area contributed by atoms with E-state index in [-0.39, 0.29) is 0 Å². The first-order valence-corrected chi connectivity index (χ1v) is 11.3. The fourth-order valence-electron chi connectivity index (χ4n) is 4.37. The van der Waals surface area contributed by atoms with Crippen LogP contribution in [0.5, 0.6) is 11.5 Å². The predicted molar refractivity (Wildman–Crippen MR) is 126 cm³/mol. The van der Waals surface area contributed by atoms with Crippen molar-refractivity contribution in [2.45, 2.75) is 32.4 Å². The second-order valence-electron chi connectivity index (χ2n) is 8.56. The Kier molecular flexibility index (Phi) is 8.66. The standard InChI is InChI=1S/C23H39N5O3/c1-17(2)22(27-8-10-31-11-9-27)15-25-23(24-3)26-18-6-7-28(16-18)19-12-20(29-4)14-21(13-19)30-5/h12-14,17-18,22H,6-11,15-16H2,1-5H3,(H2,24,25,26). The minimum atomic E-state index is 0.337. The van der Waals surface area contributed by atoms with E-state index in [9.17, 15) is 0 Å². The molecule has 2 unspecified atom stereocenters. The van der Waals surface area contributed by atoms with Gasteiger partial charge in [-0.2, -0.15) is 0 Å². The lowest BCUT2D eigenvalue weighted by atomic mass is 10.0. The molecule has 2 atom stereocenters. The van der Waals surface area contributed by atoms with E-state index < -0.39 is 0 Å². The molecule has 2 aliphatic rings. The summed E-state index contributed by atoms with van der Waals surface area (Å²) >= 11 is 0. The van der Waals surface area contributed by atoms with Gasteiger partial charge in [0.2, 0.25) is 0 Å². The van der Waals surface area contributed by atoms with Gasteiger partial charge >= 0.3 is 0 Å². The number of anilines is 1. The van der Waals surface area contributed by atoms with Crippen molar-refractivity contribution >= 4 is 11.6 Å². The number of guanidine groups is 1. The SMILES string of the molecule is CN=C(NCC(C(C)C)N1CCOCC1)NC1CCN(c2cc(OC)cc(OC)c2)C1. The van der Waals surface area contributed by atoms with Crippen molar-refractivity contribution in [3.05, 3.63) is 18.2 Å². The van der Waals surface area contributed by atoms with Gasteiger partial charge in [0.15, 0.2) is 5.96 Å². The summed E-state index contributed by atoms with van der Waals surface area (Å²) in [5.41, 5.74) is 1.12. The fourth-order valence-corrected chi connectivity index (χ4v) is 4.37. The summed E-state index contributed by atoms with van der Waals surface area (Å²) in [6, 6.07) is 6.83. The maximum atomic E-state index is 5.52. The van der Waals surface area contributed by atoms with Gasteiger partial charge in [0.1, 0.15) is 11.5 Å². The molecule has 0 bridgehead atoms. The normalized spacial score (nSPS) is 21.3. The molecular formula is C23H39N5O3. The van der Waals surface area contributed by atoms with Gasteiger partial charge in [-0.05, 0) is 12.3 Å². The molecule has 2 saturated heterocycles. The molecule has 0 radical (unpaired) electrons. The number of morpholine rings is 1. The highest BCUT2D eigenvalue weighted by Gasteiger charge is 2.26. The molecule has 0 aromatic heterocycles. The van der Waals surface area contributed by atoms with Crippen molar-refractivity contribution in [1.82, 2.24) is 15.5 Å². The number of rotatable bonds is 8. The Morgan fingerprint density at radius 3 is 2.39 bits per heavy atom. The van der Waals surface area contributed by atoms with Crippen LogP contribution in [0.25, 0.3) is 0 Å². The third kappa shape index (κ3) is 6.40. The molecular weight excluding hydrogens is 394 g/mol. The van der Waals surface area contributed by atoms with E-state index in [1.54, 1.807) is 14.2 Å². The first-order valence-electron chi connectivity index (χ1n) is 11.3. The molecule has 3 rings (SSSR count). The van der Waals surface area contributed by atoms with Gasteiger partial charge in [-0.3, -0.25) is 9.89 Å². The molecule has 0 saturated carbocycles. The summed E-state index contributed by atoms with van der Waals surface area (Å²) in [6.45, 7) is 11.0. The van der Waals surface area contributed by atoms with Crippen molar-refractivity contribution in [3.8, 4) is 11.5 Å². The number of hydrogen-bond acceptors (Lipinski definition) is 6. The molecule has 1 aromatic carbocycles. The zero-order chi connectivity index (χ0) is 22.2. The van der Waals surface area contributed by atoms with Crippen molar-refractivity contribution < 1.29 is 14.2 Å². The zero-order valence-corrected chi connectivity index (χ0v) is 19.7. The molecule has 2 fully saturated rings. The Labute approximate surface area is 186 Å². The second kappa shape index (κ2) is 11.4. The Balaban J connectivity index is 1.54. The van der Waals surface area contributed by atoms with Crippen LogP contribution in [0.1, 0.15) is 20.3 Å². The minimum absolute atomic E-state index is 0.337. The van der Waals surface area contributed by atoms with Crippen LogP contribution in [0.3, 0.4) is 0 Å². The summed E-state index contributed by atoms with van der Waals surface area (Å²) in [5, 5.41) is 7.18. The Bertz CT molecular complexity index is 699. The average molecular weight is 434 g/mol. The molecule has 2 aliphatic heterocycles. The highest BCUT2D eigenvalue weighted by Crippen LogP contribution is 2.30. The van der Waals surface area contributed by atoms with Crippen molar-refractivity contribution in [2.75, 3.05) is 72.1 Å². The molecule has 31 heavy (non-hydrogen) atoms. The van der Waals surface area contributed by atoms with Gasteiger partial charge in [0.25, 0.3) is 0 Å². The summed E-state index contributed by atoms with van der Waals surface area (Å²) in [7, 11) is 5.21. The molecule has 8 heteroatoms. The quantitative estimate of drug-likeness (QED) is 0.479. The smallest absolute Gasteiger partial charge is 0.191 e. The highest BCUT2D eigenvalue weighted by atomic mass is 16.5. The monoisotopic (exact) mass is 433 g/mol. The molecule has 0 amide bonds. The van der Waals surface area contributed by atoms with Crippen LogP contribution in [-0.2, 0) is 4.74 Å². The van der Waals surface area contributed by atoms with Crippen molar-refractivity contribution in [1.29, 1.82) is 0 Å². The van der Waals surface area contributed by atoms with E-state index in [4.69, 9.17) is 14.2 Å². The maximum Gasteiger partial charge on any atom is 0.191 e. The van der Waals surface area contributed by atoms with Crippen LogP contribution in [0.15, 0.2) is 23.2 Å². The highest BCUT2D eigenvalue weighted by molar-refractivity contribution is 5.80. The maximum absolute atomic E-state index is 5.52. The van der Waals surface area contributed by atoms with E-state index in [1.165, 1.54) is 0 Å². The third-order valence-corrected chi connectivity index (χ3v) is 6.22. The number of methoxy groups -OCH3 is 2. The van der Waals surface area contributed by atoms with Crippen molar-refractivity contribution in [2.24, 2.45) is 10.9 Å². The molecule has 0 aliphatic carbocycles. The number of ether oxygens (including phenoxy) is 3. The average Bonchev–Trinajstić information content (AvgIpc) is 3.27. The Morgan fingerprint density at radius 2 is 1.81 bits per heavy atom. The number of aliphatic imine (C=N–C) groups is 1. The minimum Gasteiger partial charge on any atom is -0.497 e. The van der Waals surface area contributed by atoms with Gasteiger partial charge in [-0.15, -0.1) is 0 Å². The van der Waals surface area contributed by atoms with E-state index in [0.717, 1.165) is 75.5 Å². The zero-order valence-electron chi connectivity index (χ0n) is 19.7. The molecule has 8 nitrogen and oxygen atoms in total. The van der Waals surface area contributed by atoms with Crippen LogP contribution in [0.2, 0.25) is 0 Å². The van der Waals surface area contributed by atoms with Crippen LogP contribution in [0.4, 0.5) is 5.69 Å². The van der Waals surface area contributed by atoms with Gasteiger partial charge in [0.05, 0.1) is 27.4 Å². The number of benzene rings is 1. The van der Waals surface area contributed by atoms with E-state index in [2.05, 4.69) is 51.4 Å². The summed E-state index contributed by atoms with van der Waals surface area (Å²) in [6.07, 6.45) is 1.05. The lowest BCUT2D eigenvalue weighted by Crippen LogP contribution is -2.53. The van der Waals surface area contributed by atoms with Crippen LogP contribution in [-0.4, -0.2) is 90.1 Å². The number of hydrogen-bond donors (Lipinski definition) is 2. The number of nitrogens with zero attached hydrogens (tertiary/aromatic N) is 3.